The number of aromatic hydroxyl groups is 1. The van der Waals surface area contributed by atoms with Gasteiger partial charge in [-0.2, -0.15) is 0 Å². The number of aromatic amines is 2. The molecule has 3 rings (SSSR count). The highest BCUT2D eigenvalue weighted by Gasteiger charge is 2.15. The first-order valence-corrected chi connectivity index (χ1v) is 8.52. The molecule has 0 aliphatic heterocycles. The number of carbonyl (C=O) groups is 1. The van der Waals surface area contributed by atoms with Crippen molar-refractivity contribution in [2.45, 2.75) is 12.5 Å². The van der Waals surface area contributed by atoms with Gasteiger partial charge in [0.25, 0.3) is 0 Å². The topological polar surface area (TPSA) is 107 Å². The number of ether oxygens (including phenoxy) is 1. The molecule has 0 spiro atoms. The van der Waals surface area contributed by atoms with Crippen molar-refractivity contribution in [1.29, 1.82) is 0 Å². The Morgan fingerprint density at radius 3 is 2.33 bits per heavy atom. The van der Waals surface area contributed by atoms with Gasteiger partial charge < -0.3 is 20.1 Å². The molecule has 0 saturated heterocycles. The third-order valence-corrected chi connectivity index (χ3v) is 4.28. The number of benzene rings is 2. The van der Waals surface area contributed by atoms with E-state index in [9.17, 15) is 14.7 Å². The molecule has 7 heteroatoms. The van der Waals surface area contributed by atoms with Crippen LogP contribution in [0.25, 0.3) is 11.1 Å². The molecule has 0 fully saturated rings. The lowest BCUT2D eigenvalue weighted by Gasteiger charge is -2.17. The van der Waals surface area contributed by atoms with Gasteiger partial charge in [0.1, 0.15) is 0 Å². The zero-order valence-electron chi connectivity index (χ0n) is 14.9. The fourth-order valence-corrected chi connectivity index (χ4v) is 2.83. The zero-order valence-corrected chi connectivity index (χ0v) is 14.9. The van der Waals surface area contributed by atoms with Gasteiger partial charge >= 0.3 is 5.69 Å². The second-order valence-electron chi connectivity index (χ2n) is 6.10. The van der Waals surface area contributed by atoms with Gasteiger partial charge in [0.05, 0.1) is 18.2 Å². The molecule has 1 atom stereocenters. The van der Waals surface area contributed by atoms with Crippen molar-refractivity contribution < 1.29 is 14.6 Å². The number of rotatable bonds is 7. The van der Waals surface area contributed by atoms with E-state index in [1.807, 2.05) is 54.6 Å². The van der Waals surface area contributed by atoms with Crippen LogP contribution in [0.5, 0.6) is 5.88 Å². The Labute approximate surface area is 156 Å². The van der Waals surface area contributed by atoms with Crippen LogP contribution in [0.3, 0.4) is 0 Å². The van der Waals surface area contributed by atoms with Crippen LogP contribution in [-0.2, 0) is 16.0 Å². The zero-order chi connectivity index (χ0) is 19.2. The van der Waals surface area contributed by atoms with Gasteiger partial charge in [0.2, 0.25) is 11.8 Å². The van der Waals surface area contributed by atoms with Crippen molar-refractivity contribution in [2.24, 2.45) is 0 Å². The molecule has 0 aliphatic carbocycles. The van der Waals surface area contributed by atoms with E-state index in [2.05, 4.69) is 15.3 Å². The number of imidazole rings is 1. The number of hydrogen-bond donors (Lipinski definition) is 4. The monoisotopic (exact) mass is 367 g/mol. The summed E-state index contributed by atoms with van der Waals surface area (Å²) in [6, 6.07) is 18.0. The van der Waals surface area contributed by atoms with E-state index in [1.54, 1.807) is 7.11 Å². The molecule has 4 N–H and O–H groups in total. The van der Waals surface area contributed by atoms with Crippen LogP contribution in [0, 0.1) is 0 Å². The highest BCUT2D eigenvalue weighted by molar-refractivity contribution is 5.78. The number of aromatic nitrogens is 2. The van der Waals surface area contributed by atoms with Crippen LogP contribution in [-0.4, -0.2) is 34.6 Å². The molecular weight excluding hydrogens is 346 g/mol. The summed E-state index contributed by atoms with van der Waals surface area (Å²) in [6.07, 6.45) is -0.439. The van der Waals surface area contributed by atoms with Crippen molar-refractivity contribution in [3.8, 4) is 17.0 Å². The number of nitrogens with one attached hydrogen (secondary N) is 3. The van der Waals surface area contributed by atoms with Gasteiger partial charge in [-0.3, -0.25) is 9.78 Å². The summed E-state index contributed by atoms with van der Waals surface area (Å²) in [5.74, 6) is -0.654. The van der Waals surface area contributed by atoms with Crippen LogP contribution >= 0.6 is 0 Å². The summed E-state index contributed by atoms with van der Waals surface area (Å²) < 4.78 is 5.48. The van der Waals surface area contributed by atoms with Crippen molar-refractivity contribution in [3.05, 3.63) is 76.3 Å². The van der Waals surface area contributed by atoms with Crippen molar-refractivity contribution in [3.63, 3.8) is 0 Å². The maximum atomic E-state index is 12.1. The Bertz CT molecular complexity index is 945. The highest BCUT2D eigenvalue weighted by atomic mass is 16.5. The Hall–Kier alpha value is -3.32. The first-order valence-electron chi connectivity index (χ1n) is 8.52. The third kappa shape index (κ3) is 4.65. The average Bonchev–Trinajstić information content (AvgIpc) is 3.00. The number of methoxy groups -OCH3 is 1. The van der Waals surface area contributed by atoms with Crippen LogP contribution < -0.4 is 11.0 Å². The lowest BCUT2D eigenvalue weighted by atomic mass is 10.0. The van der Waals surface area contributed by atoms with Gasteiger partial charge in [0.15, 0.2) is 0 Å². The largest absolute Gasteiger partial charge is 0.493 e. The molecule has 140 valence electrons. The maximum Gasteiger partial charge on any atom is 0.325 e. The lowest BCUT2D eigenvalue weighted by molar-refractivity contribution is -0.121. The molecule has 1 unspecified atom stereocenters. The minimum Gasteiger partial charge on any atom is -0.493 e. The molecule has 2 aromatic carbocycles. The van der Waals surface area contributed by atoms with E-state index >= 15 is 0 Å². The average molecular weight is 367 g/mol. The van der Waals surface area contributed by atoms with Crippen molar-refractivity contribution in [1.82, 2.24) is 15.3 Å². The molecule has 3 aromatic rings. The summed E-state index contributed by atoms with van der Waals surface area (Å²) in [7, 11) is 1.58. The fraction of sp³-hybridized carbons (Fsp3) is 0.200. The molecule has 0 saturated carbocycles. The Kier molecular flexibility index (Phi) is 5.73. The molecular formula is C20H21N3O4. The molecule has 0 bridgehead atoms. The summed E-state index contributed by atoms with van der Waals surface area (Å²) in [4.78, 5) is 27.7. The van der Waals surface area contributed by atoms with Crippen molar-refractivity contribution in [2.75, 3.05) is 13.7 Å². The van der Waals surface area contributed by atoms with E-state index < -0.39 is 5.69 Å². The Morgan fingerprint density at radius 2 is 1.74 bits per heavy atom. The Morgan fingerprint density at radius 1 is 1.07 bits per heavy atom. The first-order chi connectivity index (χ1) is 13.1. The normalized spacial score (nSPS) is 11.9. The molecule has 0 radical (unpaired) electrons. The van der Waals surface area contributed by atoms with Gasteiger partial charge in [0, 0.05) is 13.7 Å². The van der Waals surface area contributed by atoms with Crippen LogP contribution in [0.15, 0.2) is 59.4 Å². The smallest absolute Gasteiger partial charge is 0.325 e. The fourth-order valence-electron chi connectivity index (χ4n) is 2.83. The summed E-state index contributed by atoms with van der Waals surface area (Å²) >= 11 is 0. The van der Waals surface area contributed by atoms with E-state index in [0.29, 0.717) is 0 Å². The minimum atomic E-state index is -0.552. The number of amides is 1. The maximum absolute atomic E-state index is 12.1. The lowest BCUT2D eigenvalue weighted by Crippen LogP contribution is -2.30. The number of H-pyrrole nitrogens is 2. The summed E-state index contributed by atoms with van der Waals surface area (Å²) in [6.45, 7) is 0.273. The van der Waals surface area contributed by atoms with Gasteiger partial charge in [-0.15, -0.1) is 0 Å². The molecule has 1 aromatic heterocycles. The van der Waals surface area contributed by atoms with E-state index in [4.69, 9.17) is 4.74 Å². The number of hydrogen-bond acceptors (Lipinski definition) is 4. The van der Waals surface area contributed by atoms with Crippen LogP contribution in [0.1, 0.15) is 17.4 Å². The predicted molar refractivity (Wildman–Crippen MR) is 101 cm³/mol. The van der Waals surface area contributed by atoms with Crippen molar-refractivity contribution >= 4 is 5.91 Å². The van der Waals surface area contributed by atoms with E-state index in [1.165, 1.54) is 0 Å². The summed E-state index contributed by atoms with van der Waals surface area (Å²) in [5, 5.41) is 12.3. The van der Waals surface area contributed by atoms with E-state index in [-0.39, 0.29) is 36.6 Å². The Balaban J connectivity index is 1.60. The highest BCUT2D eigenvalue weighted by Crippen LogP contribution is 2.23. The second kappa shape index (κ2) is 8.37. The molecule has 7 nitrogen and oxygen atoms in total. The standard InChI is InChI=1S/C20H21N3O4/c1-27-17(12-21-18(24)11-16-19(25)23-20(26)22-16)15-9-7-14(8-10-15)13-5-3-2-4-6-13/h2-10,17,25H,11-12H2,1H3,(H,21,24)(H2,22,23,26). The quantitative estimate of drug-likeness (QED) is 0.513. The molecule has 1 heterocycles. The van der Waals surface area contributed by atoms with E-state index in [0.717, 1.165) is 16.7 Å². The molecule has 0 aliphatic rings. The molecule has 1 amide bonds. The van der Waals surface area contributed by atoms with Crippen LogP contribution in [0.2, 0.25) is 0 Å². The van der Waals surface area contributed by atoms with Gasteiger partial charge in [-0.25, -0.2) is 4.79 Å². The predicted octanol–water partition coefficient (Wildman–Crippen LogP) is 2.12. The third-order valence-electron chi connectivity index (χ3n) is 4.28. The van der Waals surface area contributed by atoms with Gasteiger partial charge in [-0.05, 0) is 16.7 Å². The van der Waals surface area contributed by atoms with Crippen LogP contribution in [0.4, 0.5) is 0 Å². The second-order valence-corrected chi connectivity index (χ2v) is 6.10. The SMILES string of the molecule is COC(CNC(=O)Cc1[nH]c(=O)[nH]c1O)c1ccc(-c2ccccc2)cc1. The minimum absolute atomic E-state index is 0.131. The molecule has 27 heavy (non-hydrogen) atoms. The van der Waals surface area contributed by atoms with Gasteiger partial charge in [-0.1, -0.05) is 54.6 Å². The number of carbonyl (C=O) groups excluding carboxylic acids is 1. The first kappa shape index (κ1) is 18.5. The summed E-state index contributed by atoms with van der Waals surface area (Å²) in [5.41, 5.74) is 2.77.